The van der Waals surface area contributed by atoms with Gasteiger partial charge in [0, 0.05) is 19.8 Å². The normalized spacial score (nSPS) is 10.7. The van der Waals surface area contributed by atoms with E-state index < -0.39 is 0 Å². The molecule has 0 spiro atoms. The van der Waals surface area contributed by atoms with Gasteiger partial charge in [-0.2, -0.15) is 0 Å². The standard InChI is InChI=1S/C17H21N/c1-13(2)14-7-5-8-15(11-14)16-9-6-10-17(12-16)18(3)4/h5-13H,1-4H3. The Kier molecular flexibility index (Phi) is 3.71. The molecule has 94 valence electrons. The Labute approximate surface area is 110 Å². The molecular formula is C17H21N. The van der Waals surface area contributed by atoms with Crippen LogP contribution in [0, 0.1) is 0 Å². The zero-order valence-corrected chi connectivity index (χ0v) is 11.6. The Morgan fingerprint density at radius 1 is 0.833 bits per heavy atom. The SMILES string of the molecule is CC(C)c1cccc(-c2cccc(N(C)C)c2)c1. The molecule has 0 bridgehead atoms. The third kappa shape index (κ3) is 2.73. The molecule has 2 aromatic carbocycles. The third-order valence-corrected chi connectivity index (χ3v) is 3.25. The maximum atomic E-state index is 2.29. The van der Waals surface area contributed by atoms with Gasteiger partial charge in [-0.3, -0.25) is 0 Å². The van der Waals surface area contributed by atoms with E-state index in [2.05, 4.69) is 81.4 Å². The molecule has 0 N–H and O–H groups in total. The van der Waals surface area contributed by atoms with Crippen molar-refractivity contribution in [2.75, 3.05) is 19.0 Å². The number of hydrogen-bond acceptors (Lipinski definition) is 1. The van der Waals surface area contributed by atoms with Crippen LogP contribution in [0.15, 0.2) is 48.5 Å². The predicted molar refractivity (Wildman–Crippen MR) is 80.3 cm³/mol. The molecule has 0 aromatic heterocycles. The molecule has 0 amide bonds. The first-order valence-corrected chi connectivity index (χ1v) is 6.45. The molecule has 0 unspecified atom stereocenters. The monoisotopic (exact) mass is 239 g/mol. The molecular weight excluding hydrogens is 218 g/mol. The van der Waals surface area contributed by atoms with Gasteiger partial charge < -0.3 is 4.90 Å². The molecule has 0 heterocycles. The average Bonchev–Trinajstić information content (AvgIpc) is 2.39. The quantitative estimate of drug-likeness (QED) is 0.760. The van der Waals surface area contributed by atoms with Crippen molar-refractivity contribution in [2.45, 2.75) is 19.8 Å². The summed E-state index contributed by atoms with van der Waals surface area (Å²) in [6.07, 6.45) is 0. The van der Waals surface area contributed by atoms with Crippen LogP contribution < -0.4 is 4.90 Å². The molecule has 1 nitrogen and oxygen atoms in total. The second-order valence-electron chi connectivity index (χ2n) is 5.22. The van der Waals surface area contributed by atoms with Gasteiger partial charge in [0.2, 0.25) is 0 Å². The van der Waals surface area contributed by atoms with E-state index in [1.807, 2.05) is 0 Å². The van der Waals surface area contributed by atoms with Gasteiger partial charge in [-0.05, 0) is 34.7 Å². The van der Waals surface area contributed by atoms with Crippen LogP contribution in [0.5, 0.6) is 0 Å². The number of nitrogens with zero attached hydrogens (tertiary/aromatic N) is 1. The van der Waals surface area contributed by atoms with Crippen LogP contribution >= 0.6 is 0 Å². The maximum absolute atomic E-state index is 2.29. The fraction of sp³-hybridized carbons (Fsp3) is 0.294. The largest absolute Gasteiger partial charge is 0.378 e. The topological polar surface area (TPSA) is 3.24 Å². The van der Waals surface area contributed by atoms with Crippen LogP contribution in [-0.4, -0.2) is 14.1 Å². The Balaban J connectivity index is 2.42. The van der Waals surface area contributed by atoms with Crippen molar-refractivity contribution in [3.63, 3.8) is 0 Å². The molecule has 0 aliphatic rings. The lowest BCUT2D eigenvalue weighted by molar-refractivity contribution is 0.867. The summed E-state index contributed by atoms with van der Waals surface area (Å²) in [7, 11) is 4.15. The maximum Gasteiger partial charge on any atom is 0.0367 e. The van der Waals surface area contributed by atoms with E-state index in [1.54, 1.807) is 0 Å². The van der Waals surface area contributed by atoms with E-state index in [-0.39, 0.29) is 0 Å². The first kappa shape index (κ1) is 12.7. The zero-order valence-electron chi connectivity index (χ0n) is 11.6. The van der Waals surface area contributed by atoms with Gasteiger partial charge >= 0.3 is 0 Å². The van der Waals surface area contributed by atoms with Crippen molar-refractivity contribution in [3.8, 4) is 11.1 Å². The van der Waals surface area contributed by atoms with Gasteiger partial charge in [0.15, 0.2) is 0 Å². The molecule has 0 aliphatic carbocycles. The molecule has 18 heavy (non-hydrogen) atoms. The lowest BCUT2D eigenvalue weighted by atomic mass is 9.97. The highest BCUT2D eigenvalue weighted by Crippen LogP contribution is 2.26. The summed E-state index contributed by atoms with van der Waals surface area (Å²) in [6, 6.07) is 17.5. The number of anilines is 1. The highest BCUT2D eigenvalue weighted by atomic mass is 15.1. The van der Waals surface area contributed by atoms with Crippen molar-refractivity contribution >= 4 is 5.69 Å². The summed E-state index contributed by atoms with van der Waals surface area (Å²) in [5, 5.41) is 0. The Morgan fingerprint density at radius 3 is 2.06 bits per heavy atom. The predicted octanol–water partition coefficient (Wildman–Crippen LogP) is 4.54. The number of benzene rings is 2. The second kappa shape index (κ2) is 5.26. The van der Waals surface area contributed by atoms with Crippen LogP contribution in [0.25, 0.3) is 11.1 Å². The molecule has 0 aliphatic heterocycles. The summed E-state index contributed by atoms with van der Waals surface area (Å²) in [6.45, 7) is 4.46. The Morgan fingerprint density at radius 2 is 1.44 bits per heavy atom. The van der Waals surface area contributed by atoms with Crippen molar-refractivity contribution < 1.29 is 0 Å². The van der Waals surface area contributed by atoms with Gasteiger partial charge in [-0.25, -0.2) is 0 Å². The highest BCUT2D eigenvalue weighted by molar-refractivity contribution is 5.69. The summed E-state index contributed by atoms with van der Waals surface area (Å²) in [5.74, 6) is 0.571. The third-order valence-electron chi connectivity index (χ3n) is 3.25. The highest BCUT2D eigenvalue weighted by Gasteiger charge is 2.03. The number of rotatable bonds is 3. The lowest BCUT2D eigenvalue weighted by Crippen LogP contribution is -2.08. The second-order valence-corrected chi connectivity index (χ2v) is 5.22. The van der Waals surface area contributed by atoms with E-state index in [9.17, 15) is 0 Å². The van der Waals surface area contributed by atoms with Crippen LogP contribution in [0.3, 0.4) is 0 Å². The molecule has 2 rings (SSSR count). The summed E-state index contributed by atoms with van der Waals surface area (Å²) >= 11 is 0. The summed E-state index contributed by atoms with van der Waals surface area (Å²) in [5.41, 5.74) is 5.21. The van der Waals surface area contributed by atoms with Crippen molar-refractivity contribution in [1.82, 2.24) is 0 Å². The van der Waals surface area contributed by atoms with E-state index in [0.29, 0.717) is 5.92 Å². The van der Waals surface area contributed by atoms with E-state index >= 15 is 0 Å². The summed E-state index contributed by atoms with van der Waals surface area (Å²) in [4.78, 5) is 2.13. The smallest absolute Gasteiger partial charge is 0.0367 e. The average molecular weight is 239 g/mol. The molecule has 0 saturated carbocycles. The minimum absolute atomic E-state index is 0.571. The van der Waals surface area contributed by atoms with Crippen molar-refractivity contribution in [1.29, 1.82) is 0 Å². The van der Waals surface area contributed by atoms with E-state index in [1.165, 1.54) is 22.4 Å². The molecule has 2 aromatic rings. The summed E-state index contributed by atoms with van der Waals surface area (Å²) < 4.78 is 0. The van der Waals surface area contributed by atoms with E-state index in [0.717, 1.165) is 0 Å². The molecule has 0 saturated heterocycles. The van der Waals surface area contributed by atoms with Crippen molar-refractivity contribution in [2.24, 2.45) is 0 Å². The fourth-order valence-electron chi connectivity index (χ4n) is 2.04. The Bertz CT molecular complexity index is 477. The van der Waals surface area contributed by atoms with Crippen LogP contribution in [0.4, 0.5) is 5.69 Å². The van der Waals surface area contributed by atoms with Crippen LogP contribution in [0.1, 0.15) is 25.3 Å². The first-order chi connectivity index (χ1) is 8.58. The molecule has 0 radical (unpaired) electrons. The van der Waals surface area contributed by atoms with Gasteiger partial charge in [0.05, 0.1) is 0 Å². The molecule has 1 heteroatoms. The molecule has 0 atom stereocenters. The molecule has 0 fully saturated rings. The Hall–Kier alpha value is -1.76. The minimum atomic E-state index is 0.571. The lowest BCUT2D eigenvalue weighted by Gasteiger charge is -2.14. The van der Waals surface area contributed by atoms with Gasteiger partial charge in [0.1, 0.15) is 0 Å². The van der Waals surface area contributed by atoms with Crippen molar-refractivity contribution in [3.05, 3.63) is 54.1 Å². The van der Waals surface area contributed by atoms with E-state index in [4.69, 9.17) is 0 Å². The van der Waals surface area contributed by atoms with Gasteiger partial charge in [-0.1, -0.05) is 50.2 Å². The fourth-order valence-corrected chi connectivity index (χ4v) is 2.04. The first-order valence-electron chi connectivity index (χ1n) is 6.45. The van der Waals surface area contributed by atoms with Gasteiger partial charge in [-0.15, -0.1) is 0 Å². The zero-order chi connectivity index (χ0) is 13.1. The van der Waals surface area contributed by atoms with Crippen LogP contribution in [-0.2, 0) is 0 Å². The minimum Gasteiger partial charge on any atom is -0.378 e. The van der Waals surface area contributed by atoms with Gasteiger partial charge in [0.25, 0.3) is 0 Å². The number of hydrogen-bond donors (Lipinski definition) is 0. The van der Waals surface area contributed by atoms with Crippen LogP contribution in [0.2, 0.25) is 0 Å².